The van der Waals surface area contributed by atoms with E-state index in [0.717, 1.165) is 43.9 Å². The largest absolute Gasteiger partial charge is 0.376 e. The number of ether oxygens (including phenoxy) is 1. The van der Waals surface area contributed by atoms with E-state index < -0.39 is 21.7 Å². The van der Waals surface area contributed by atoms with Crippen molar-refractivity contribution in [2.45, 2.75) is 61.1 Å². The van der Waals surface area contributed by atoms with E-state index in [9.17, 15) is 17.2 Å². The summed E-state index contributed by atoms with van der Waals surface area (Å²) < 4.78 is 63.4. The van der Waals surface area contributed by atoms with Gasteiger partial charge in [0.15, 0.2) is 5.16 Å². The number of fused-ring (bicyclic) bond motifs is 1. The van der Waals surface area contributed by atoms with E-state index in [1.54, 1.807) is 16.4 Å². The third-order valence-corrected chi connectivity index (χ3v) is 9.55. The van der Waals surface area contributed by atoms with Crippen LogP contribution in [0.5, 0.6) is 0 Å². The van der Waals surface area contributed by atoms with Crippen LogP contribution in [0.25, 0.3) is 11.0 Å². The summed E-state index contributed by atoms with van der Waals surface area (Å²) in [5.41, 5.74) is 1.92. The number of hydrogen-bond acceptors (Lipinski definition) is 5. The molecule has 2 aliphatic rings. The Bertz CT molecular complexity index is 1300. The molecule has 2 saturated heterocycles. The second-order valence-electron chi connectivity index (χ2n) is 9.47. The summed E-state index contributed by atoms with van der Waals surface area (Å²) in [6.07, 6.45) is 3.89. The monoisotopic (exact) mass is 521 g/mol. The minimum absolute atomic E-state index is 0.0524. The van der Waals surface area contributed by atoms with Gasteiger partial charge in [0.25, 0.3) is 0 Å². The molecular formula is C25H29F2N3O3S2. The van der Waals surface area contributed by atoms with E-state index >= 15 is 0 Å². The second kappa shape index (κ2) is 10.2. The molecule has 0 amide bonds. The van der Waals surface area contributed by atoms with Crippen molar-refractivity contribution >= 4 is 32.8 Å². The summed E-state index contributed by atoms with van der Waals surface area (Å²) >= 11 is 1.37. The number of nitrogens with zero attached hydrogens (tertiary/aromatic N) is 3. The third kappa shape index (κ3) is 5.40. The Morgan fingerprint density at radius 1 is 1.11 bits per heavy atom. The average Bonchev–Trinajstić information content (AvgIpc) is 3.45. The van der Waals surface area contributed by atoms with Gasteiger partial charge in [0.05, 0.1) is 28.6 Å². The number of benzene rings is 2. The Labute approximate surface area is 208 Å². The molecule has 2 fully saturated rings. The SMILES string of the molecule is C[C@@H]1CCCN(S(=O)(=O)c2ccc3c(c2)nc(SCc2cc(F)cc(F)c2)n3C[C@@H]2CCCO2)C1. The number of sulfonamides is 1. The summed E-state index contributed by atoms with van der Waals surface area (Å²) in [6.45, 7) is 4.44. The van der Waals surface area contributed by atoms with Crippen LogP contribution in [0.3, 0.4) is 0 Å². The first-order valence-corrected chi connectivity index (χ1v) is 14.4. The predicted molar refractivity (Wildman–Crippen MR) is 132 cm³/mol. The van der Waals surface area contributed by atoms with Gasteiger partial charge >= 0.3 is 0 Å². The first kappa shape index (κ1) is 24.7. The number of hydrogen-bond donors (Lipinski definition) is 0. The molecule has 3 heterocycles. The van der Waals surface area contributed by atoms with Gasteiger partial charge in [-0.15, -0.1) is 0 Å². The Kier molecular flexibility index (Phi) is 7.16. The zero-order chi connectivity index (χ0) is 24.6. The highest BCUT2D eigenvalue weighted by molar-refractivity contribution is 7.98. The smallest absolute Gasteiger partial charge is 0.243 e. The molecule has 0 radical (unpaired) electrons. The quantitative estimate of drug-likeness (QED) is 0.400. The fraction of sp³-hybridized carbons (Fsp3) is 0.480. The minimum atomic E-state index is -3.61. The molecular weight excluding hydrogens is 492 g/mol. The topological polar surface area (TPSA) is 64.4 Å². The maximum absolute atomic E-state index is 13.7. The molecule has 0 saturated carbocycles. The zero-order valence-corrected chi connectivity index (χ0v) is 21.3. The molecule has 5 rings (SSSR count). The summed E-state index contributed by atoms with van der Waals surface area (Å²) in [5.74, 6) is -0.561. The van der Waals surface area contributed by atoms with Crippen molar-refractivity contribution in [3.05, 3.63) is 53.6 Å². The number of rotatable bonds is 7. The predicted octanol–water partition coefficient (Wildman–Crippen LogP) is 5.21. The van der Waals surface area contributed by atoms with E-state index in [-0.39, 0.29) is 11.0 Å². The summed E-state index contributed by atoms with van der Waals surface area (Å²) in [7, 11) is -3.61. The standard InChI is InChI=1S/C25H29F2N3O3S2/c1-17-4-2-8-29(14-17)35(31,32)22-6-7-24-23(13-22)28-25(30(24)15-21-5-3-9-33-21)34-16-18-10-19(26)12-20(27)11-18/h6-7,10-13,17,21H,2-5,8-9,14-16H2,1H3/t17-,21+/m1/s1. The van der Waals surface area contributed by atoms with E-state index in [4.69, 9.17) is 9.72 Å². The Hall–Kier alpha value is -2.01. The highest BCUT2D eigenvalue weighted by Gasteiger charge is 2.29. The van der Waals surface area contributed by atoms with Crippen LogP contribution in [0.15, 0.2) is 46.5 Å². The van der Waals surface area contributed by atoms with Crippen LogP contribution < -0.4 is 0 Å². The fourth-order valence-electron chi connectivity index (χ4n) is 4.88. The van der Waals surface area contributed by atoms with Gasteiger partial charge in [-0.3, -0.25) is 0 Å². The first-order chi connectivity index (χ1) is 16.8. The number of piperidine rings is 1. The molecule has 2 aromatic carbocycles. The van der Waals surface area contributed by atoms with E-state index in [2.05, 4.69) is 6.92 Å². The normalized spacial score (nSPS) is 21.7. The van der Waals surface area contributed by atoms with Crippen molar-refractivity contribution in [2.24, 2.45) is 5.92 Å². The highest BCUT2D eigenvalue weighted by atomic mass is 32.2. The lowest BCUT2D eigenvalue weighted by Gasteiger charge is -2.30. The van der Waals surface area contributed by atoms with Crippen LogP contribution in [-0.2, 0) is 27.1 Å². The number of thioether (sulfide) groups is 1. The van der Waals surface area contributed by atoms with E-state index in [0.29, 0.717) is 47.5 Å². The Morgan fingerprint density at radius 2 is 1.91 bits per heavy atom. The molecule has 6 nitrogen and oxygen atoms in total. The number of aromatic nitrogens is 2. The van der Waals surface area contributed by atoms with Crippen molar-refractivity contribution in [3.8, 4) is 0 Å². The van der Waals surface area contributed by atoms with Gasteiger partial charge in [0.1, 0.15) is 11.6 Å². The molecule has 0 unspecified atom stereocenters. The molecule has 10 heteroatoms. The van der Waals surface area contributed by atoms with Gasteiger partial charge in [-0.2, -0.15) is 4.31 Å². The molecule has 0 N–H and O–H groups in total. The molecule has 1 aromatic heterocycles. The molecule has 2 aliphatic heterocycles. The maximum atomic E-state index is 13.7. The van der Waals surface area contributed by atoms with Gasteiger partial charge in [-0.05, 0) is 67.5 Å². The van der Waals surface area contributed by atoms with Crippen molar-refractivity contribution in [1.82, 2.24) is 13.9 Å². The lowest BCUT2D eigenvalue weighted by molar-refractivity contribution is 0.0960. The van der Waals surface area contributed by atoms with E-state index in [1.165, 1.54) is 23.9 Å². The fourth-order valence-corrected chi connectivity index (χ4v) is 7.46. The average molecular weight is 522 g/mol. The molecule has 2 atom stereocenters. The van der Waals surface area contributed by atoms with Gasteiger partial charge in [0, 0.05) is 31.5 Å². The van der Waals surface area contributed by atoms with Crippen LogP contribution in [0.2, 0.25) is 0 Å². The molecule has 3 aromatic rings. The summed E-state index contributed by atoms with van der Waals surface area (Å²) in [6, 6.07) is 8.58. The second-order valence-corrected chi connectivity index (χ2v) is 12.3. The molecule has 0 bridgehead atoms. The molecule has 0 spiro atoms. The Balaban J connectivity index is 1.47. The van der Waals surface area contributed by atoms with Gasteiger partial charge < -0.3 is 9.30 Å². The summed E-state index contributed by atoms with van der Waals surface area (Å²) in [4.78, 5) is 4.99. The molecule has 0 aliphatic carbocycles. The lowest BCUT2D eigenvalue weighted by atomic mass is 10.0. The Morgan fingerprint density at radius 3 is 2.63 bits per heavy atom. The molecule has 35 heavy (non-hydrogen) atoms. The maximum Gasteiger partial charge on any atom is 0.243 e. The third-order valence-electron chi connectivity index (χ3n) is 6.64. The van der Waals surface area contributed by atoms with E-state index in [1.807, 2.05) is 10.6 Å². The van der Waals surface area contributed by atoms with Crippen molar-refractivity contribution in [3.63, 3.8) is 0 Å². The van der Waals surface area contributed by atoms with Crippen LogP contribution in [-0.4, -0.2) is 48.1 Å². The first-order valence-electron chi connectivity index (χ1n) is 12.0. The minimum Gasteiger partial charge on any atom is -0.376 e. The van der Waals surface area contributed by atoms with Gasteiger partial charge in [-0.25, -0.2) is 22.2 Å². The number of halogens is 2. The van der Waals surface area contributed by atoms with Crippen LogP contribution in [0.1, 0.15) is 38.2 Å². The van der Waals surface area contributed by atoms with Crippen molar-refractivity contribution in [1.29, 1.82) is 0 Å². The lowest BCUT2D eigenvalue weighted by Crippen LogP contribution is -2.39. The van der Waals surface area contributed by atoms with Gasteiger partial charge in [0.2, 0.25) is 10.0 Å². The van der Waals surface area contributed by atoms with Crippen LogP contribution >= 0.6 is 11.8 Å². The van der Waals surface area contributed by atoms with Crippen LogP contribution in [0.4, 0.5) is 8.78 Å². The van der Waals surface area contributed by atoms with Crippen LogP contribution in [0, 0.1) is 17.6 Å². The van der Waals surface area contributed by atoms with Gasteiger partial charge in [-0.1, -0.05) is 18.7 Å². The summed E-state index contributed by atoms with van der Waals surface area (Å²) in [5, 5.41) is 0.668. The highest BCUT2D eigenvalue weighted by Crippen LogP contribution is 2.31. The van der Waals surface area contributed by atoms with Crippen molar-refractivity contribution < 1.29 is 21.9 Å². The molecule has 188 valence electrons. The zero-order valence-electron chi connectivity index (χ0n) is 19.6. The van der Waals surface area contributed by atoms with Crippen molar-refractivity contribution in [2.75, 3.05) is 19.7 Å². The number of imidazole rings is 1.